The molecule has 4 N–H and O–H groups in total. The van der Waals surface area contributed by atoms with E-state index >= 15 is 0 Å². The average Bonchev–Trinajstić information content (AvgIpc) is 2.41. The first-order valence-electron chi connectivity index (χ1n) is 6.23. The van der Waals surface area contributed by atoms with Crippen molar-refractivity contribution in [1.29, 1.82) is 0 Å². The first-order valence-corrected chi connectivity index (χ1v) is 6.23. The van der Waals surface area contributed by atoms with Crippen molar-refractivity contribution in [3.8, 4) is 11.3 Å². The van der Waals surface area contributed by atoms with Crippen LogP contribution in [0, 0.1) is 6.92 Å². The molecule has 104 valence electrons. The van der Waals surface area contributed by atoms with Gasteiger partial charge in [-0.25, -0.2) is 4.68 Å². The van der Waals surface area contributed by atoms with Crippen molar-refractivity contribution in [3.05, 3.63) is 45.7 Å². The molecular weight excluding hydrogens is 256 g/mol. The van der Waals surface area contributed by atoms with Crippen LogP contribution in [0.2, 0.25) is 0 Å². The third kappa shape index (κ3) is 2.27. The summed E-state index contributed by atoms with van der Waals surface area (Å²) in [6, 6.07) is 7.42. The molecule has 6 nitrogen and oxygen atoms in total. The van der Waals surface area contributed by atoms with Crippen molar-refractivity contribution in [1.82, 2.24) is 9.78 Å². The van der Waals surface area contributed by atoms with Crippen LogP contribution in [-0.4, -0.2) is 15.7 Å². The molecule has 0 bridgehead atoms. The van der Waals surface area contributed by atoms with E-state index in [1.54, 1.807) is 13.0 Å². The van der Waals surface area contributed by atoms with Crippen molar-refractivity contribution in [3.63, 3.8) is 0 Å². The van der Waals surface area contributed by atoms with Crippen LogP contribution >= 0.6 is 0 Å². The molecule has 1 heterocycles. The smallest absolute Gasteiger partial charge is 0.290 e. The third-order valence-corrected chi connectivity index (χ3v) is 3.03. The molecule has 0 unspecified atom stereocenters. The molecule has 2 aromatic rings. The topological polar surface area (TPSA) is 104 Å². The highest BCUT2D eigenvalue weighted by molar-refractivity contribution is 6.03. The summed E-state index contributed by atoms with van der Waals surface area (Å²) in [4.78, 5) is 23.5. The summed E-state index contributed by atoms with van der Waals surface area (Å²) in [5.41, 5.74) is 12.5. The number of rotatable bonds is 3. The lowest BCUT2D eigenvalue weighted by Crippen LogP contribution is -2.30. The SMILES string of the molecule is CCn1nc(-c2cccc(C)c2)c(C(N)=O)c(N)c1=O. The quantitative estimate of drug-likeness (QED) is 0.866. The van der Waals surface area contributed by atoms with Gasteiger partial charge in [-0.1, -0.05) is 23.8 Å². The Hall–Kier alpha value is -2.63. The highest BCUT2D eigenvalue weighted by atomic mass is 16.1. The molecule has 0 aliphatic heterocycles. The molecular formula is C14H16N4O2. The summed E-state index contributed by atoms with van der Waals surface area (Å²) < 4.78 is 1.22. The Morgan fingerprint density at radius 3 is 2.65 bits per heavy atom. The van der Waals surface area contributed by atoms with Crippen molar-refractivity contribution >= 4 is 11.6 Å². The second kappa shape index (κ2) is 5.16. The Balaban J connectivity index is 2.84. The molecule has 1 aromatic heterocycles. The largest absolute Gasteiger partial charge is 0.393 e. The zero-order chi connectivity index (χ0) is 14.9. The predicted molar refractivity (Wildman–Crippen MR) is 77.3 cm³/mol. The normalized spacial score (nSPS) is 10.5. The summed E-state index contributed by atoms with van der Waals surface area (Å²) in [5.74, 6) is -0.758. The van der Waals surface area contributed by atoms with Gasteiger partial charge in [0.2, 0.25) is 0 Å². The summed E-state index contributed by atoms with van der Waals surface area (Å²) in [5, 5.41) is 4.21. The van der Waals surface area contributed by atoms with E-state index in [4.69, 9.17) is 11.5 Å². The molecule has 0 radical (unpaired) electrons. The van der Waals surface area contributed by atoms with Gasteiger partial charge in [-0.3, -0.25) is 9.59 Å². The van der Waals surface area contributed by atoms with Crippen LogP contribution in [0.15, 0.2) is 29.1 Å². The molecule has 1 amide bonds. The number of nitrogens with two attached hydrogens (primary N) is 2. The second-order valence-corrected chi connectivity index (χ2v) is 4.49. The van der Waals surface area contributed by atoms with Crippen molar-refractivity contribution in [2.24, 2.45) is 5.73 Å². The highest BCUT2D eigenvalue weighted by Gasteiger charge is 2.20. The summed E-state index contributed by atoms with van der Waals surface area (Å²) in [7, 11) is 0. The molecule has 1 aromatic carbocycles. The number of hydrogen-bond acceptors (Lipinski definition) is 4. The van der Waals surface area contributed by atoms with E-state index in [-0.39, 0.29) is 11.3 Å². The van der Waals surface area contributed by atoms with Gasteiger partial charge in [0.05, 0.1) is 5.56 Å². The molecule has 0 saturated carbocycles. The van der Waals surface area contributed by atoms with Crippen LogP contribution in [0.1, 0.15) is 22.8 Å². The van der Waals surface area contributed by atoms with Crippen molar-refractivity contribution < 1.29 is 4.79 Å². The standard InChI is InChI=1S/C14H16N4O2/c1-3-18-14(20)11(15)10(13(16)19)12(17-18)9-6-4-5-8(2)7-9/h4-7H,3,15H2,1-2H3,(H2,16,19). The van der Waals surface area contributed by atoms with Gasteiger partial charge < -0.3 is 11.5 Å². The van der Waals surface area contributed by atoms with E-state index in [1.165, 1.54) is 4.68 Å². The minimum atomic E-state index is -0.758. The van der Waals surface area contributed by atoms with Crippen LogP contribution in [0.5, 0.6) is 0 Å². The monoisotopic (exact) mass is 272 g/mol. The number of aromatic nitrogens is 2. The van der Waals surface area contributed by atoms with E-state index in [1.807, 2.05) is 25.1 Å². The minimum Gasteiger partial charge on any atom is -0.393 e. The predicted octanol–water partition coefficient (Wildman–Crippen LogP) is 0.920. The van der Waals surface area contributed by atoms with Crippen molar-refractivity contribution in [2.75, 3.05) is 5.73 Å². The average molecular weight is 272 g/mol. The molecule has 0 spiro atoms. The lowest BCUT2D eigenvalue weighted by Gasteiger charge is -2.12. The number of nitrogen functional groups attached to an aromatic ring is 1. The van der Waals surface area contributed by atoms with Crippen LogP contribution in [0.4, 0.5) is 5.69 Å². The molecule has 20 heavy (non-hydrogen) atoms. The van der Waals surface area contributed by atoms with E-state index in [0.717, 1.165) is 5.56 Å². The maximum Gasteiger partial charge on any atom is 0.290 e. The Bertz CT molecular complexity index is 734. The molecule has 0 atom stereocenters. The van der Waals surface area contributed by atoms with E-state index < -0.39 is 11.5 Å². The van der Waals surface area contributed by atoms with Gasteiger partial charge in [0.1, 0.15) is 11.4 Å². The zero-order valence-corrected chi connectivity index (χ0v) is 11.4. The fourth-order valence-corrected chi connectivity index (χ4v) is 2.05. The Morgan fingerprint density at radius 1 is 1.40 bits per heavy atom. The molecule has 0 saturated heterocycles. The van der Waals surface area contributed by atoms with Gasteiger partial charge in [0.25, 0.3) is 11.5 Å². The molecule has 0 fully saturated rings. The van der Waals surface area contributed by atoms with Gasteiger partial charge in [-0.05, 0) is 19.9 Å². The summed E-state index contributed by atoms with van der Waals surface area (Å²) in [6.07, 6.45) is 0. The number of amides is 1. The number of aryl methyl sites for hydroxylation is 2. The third-order valence-electron chi connectivity index (χ3n) is 3.03. The number of benzene rings is 1. The number of nitrogens with zero attached hydrogens (tertiary/aromatic N) is 2. The zero-order valence-electron chi connectivity index (χ0n) is 11.4. The Morgan fingerprint density at radius 2 is 2.10 bits per heavy atom. The van der Waals surface area contributed by atoms with Crippen molar-refractivity contribution in [2.45, 2.75) is 20.4 Å². The molecule has 0 aliphatic carbocycles. The van der Waals surface area contributed by atoms with Gasteiger partial charge in [0.15, 0.2) is 0 Å². The lowest BCUT2D eigenvalue weighted by atomic mass is 10.0. The van der Waals surface area contributed by atoms with Gasteiger partial charge >= 0.3 is 0 Å². The fourth-order valence-electron chi connectivity index (χ4n) is 2.05. The van der Waals surface area contributed by atoms with E-state index in [2.05, 4.69) is 5.10 Å². The molecule has 0 aliphatic rings. The summed E-state index contributed by atoms with van der Waals surface area (Å²) >= 11 is 0. The maximum atomic E-state index is 11.9. The fraction of sp³-hybridized carbons (Fsp3) is 0.214. The molecule has 6 heteroatoms. The first kappa shape index (κ1) is 13.8. The first-order chi connectivity index (χ1) is 9.45. The number of hydrogen-bond donors (Lipinski definition) is 2. The lowest BCUT2D eigenvalue weighted by molar-refractivity contribution is 0.100. The Labute approximate surface area is 116 Å². The van der Waals surface area contributed by atoms with Crippen LogP contribution in [0.3, 0.4) is 0 Å². The van der Waals surface area contributed by atoms with Crippen LogP contribution in [0.25, 0.3) is 11.3 Å². The van der Waals surface area contributed by atoms with Gasteiger partial charge in [0, 0.05) is 12.1 Å². The van der Waals surface area contributed by atoms with Crippen LogP contribution < -0.4 is 17.0 Å². The van der Waals surface area contributed by atoms with Gasteiger partial charge in [-0.15, -0.1) is 0 Å². The van der Waals surface area contributed by atoms with E-state index in [9.17, 15) is 9.59 Å². The number of carbonyl (C=O) groups excluding carboxylic acids is 1. The second-order valence-electron chi connectivity index (χ2n) is 4.49. The van der Waals surface area contributed by atoms with E-state index in [0.29, 0.717) is 17.8 Å². The number of primary amides is 1. The van der Waals surface area contributed by atoms with Crippen LogP contribution in [-0.2, 0) is 6.54 Å². The number of carbonyl (C=O) groups is 1. The highest BCUT2D eigenvalue weighted by Crippen LogP contribution is 2.24. The minimum absolute atomic E-state index is 0.0229. The molecule has 2 rings (SSSR count). The Kier molecular flexibility index (Phi) is 3.56. The maximum absolute atomic E-state index is 11.9. The van der Waals surface area contributed by atoms with Gasteiger partial charge in [-0.2, -0.15) is 5.10 Å². The number of anilines is 1. The summed E-state index contributed by atoms with van der Waals surface area (Å²) in [6.45, 7) is 4.06.